The van der Waals surface area contributed by atoms with Crippen molar-refractivity contribution in [2.75, 3.05) is 12.8 Å². The fraction of sp³-hybridized carbons (Fsp3) is 0.111. The molecule has 0 saturated heterocycles. The molecule has 0 spiro atoms. The van der Waals surface area contributed by atoms with Gasteiger partial charge in [0.05, 0.1) is 18.4 Å². The standard InChI is InChI=1S/C18H15NO5/c1-3-17(20)24-18(21)13-9-16(15(22-2)10-14(13)19)23-11-12-7-5-4-6-8-12/h1,4-10H,11,19H2,2H3. The Hall–Kier alpha value is -3.46. The Morgan fingerprint density at radius 2 is 1.88 bits per heavy atom. The first-order valence-electron chi connectivity index (χ1n) is 6.92. The van der Waals surface area contributed by atoms with Crippen molar-refractivity contribution in [3.05, 3.63) is 53.6 Å². The second-order valence-electron chi connectivity index (χ2n) is 4.69. The Morgan fingerprint density at radius 3 is 2.50 bits per heavy atom. The molecular weight excluding hydrogens is 310 g/mol. The van der Waals surface area contributed by atoms with Crippen molar-refractivity contribution in [3.63, 3.8) is 0 Å². The summed E-state index contributed by atoms with van der Waals surface area (Å²) in [5.74, 6) is 0.277. The number of methoxy groups -OCH3 is 1. The van der Waals surface area contributed by atoms with E-state index in [0.29, 0.717) is 5.75 Å². The van der Waals surface area contributed by atoms with Gasteiger partial charge in [0.1, 0.15) is 6.61 Å². The van der Waals surface area contributed by atoms with Crippen LogP contribution in [-0.4, -0.2) is 19.0 Å². The van der Waals surface area contributed by atoms with Crippen molar-refractivity contribution in [1.29, 1.82) is 0 Å². The molecule has 2 aromatic carbocycles. The molecule has 0 heterocycles. The summed E-state index contributed by atoms with van der Waals surface area (Å²) in [6.07, 6.45) is 4.87. The molecule has 24 heavy (non-hydrogen) atoms. The van der Waals surface area contributed by atoms with E-state index < -0.39 is 11.9 Å². The quantitative estimate of drug-likeness (QED) is 0.298. The number of nitrogen functional groups attached to an aromatic ring is 1. The van der Waals surface area contributed by atoms with Gasteiger partial charge in [0.2, 0.25) is 0 Å². The summed E-state index contributed by atoms with van der Waals surface area (Å²) in [7, 11) is 1.45. The molecule has 0 aliphatic rings. The first-order chi connectivity index (χ1) is 11.5. The first kappa shape index (κ1) is 16.9. The van der Waals surface area contributed by atoms with E-state index in [9.17, 15) is 9.59 Å². The lowest BCUT2D eigenvalue weighted by atomic mass is 10.1. The first-order valence-corrected chi connectivity index (χ1v) is 6.92. The summed E-state index contributed by atoms with van der Waals surface area (Å²) in [5, 5.41) is 0. The molecule has 6 nitrogen and oxygen atoms in total. The van der Waals surface area contributed by atoms with Crippen LogP contribution in [0.25, 0.3) is 0 Å². The maximum atomic E-state index is 11.9. The monoisotopic (exact) mass is 325 g/mol. The van der Waals surface area contributed by atoms with Crippen LogP contribution in [0.15, 0.2) is 42.5 Å². The summed E-state index contributed by atoms with van der Waals surface area (Å²) in [6, 6.07) is 12.2. The number of carbonyl (C=O) groups is 2. The highest BCUT2D eigenvalue weighted by atomic mass is 16.6. The molecule has 0 bridgehead atoms. The van der Waals surface area contributed by atoms with E-state index >= 15 is 0 Å². The average Bonchev–Trinajstić information content (AvgIpc) is 2.60. The zero-order valence-corrected chi connectivity index (χ0v) is 12.9. The van der Waals surface area contributed by atoms with Crippen molar-refractivity contribution >= 4 is 17.6 Å². The van der Waals surface area contributed by atoms with Crippen LogP contribution >= 0.6 is 0 Å². The van der Waals surface area contributed by atoms with Crippen LogP contribution in [-0.2, 0) is 16.1 Å². The van der Waals surface area contributed by atoms with Crippen LogP contribution in [0, 0.1) is 12.3 Å². The summed E-state index contributed by atoms with van der Waals surface area (Å²) in [4.78, 5) is 23.0. The van der Waals surface area contributed by atoms with E-state index in [0.717, 1.165) is 5.56 Å². The van der Waals surface area contributed by atoms with Gasteiger partial charge in [-0.3, -0.25) is 0 Å². The summed E-state index contributed by atoms with van der Waals surface area (Å²) in [6.45, 7) is 0.263. The van der Waals surface area contributed by atoms with Crippen molar-refractivity contribution in [3.8, 4) is 23.8 Å². The van der Waals surface area contributed by atoms with Crippen LogP contribution < -0.4 is 15.2 Å². The molecular formula is C18H15NO5. The normalized spacial score (nSPS) is 9.67. The number of hydrogen-bond donors (Lipinski definition) is 1. The molecule has 0 unspecified atom stereocenters. The molecule has 0 saturated carbocycles. The molecule has 0 radical (unpaired) electrons. The third kappa shape index (κ3) is 4.05. The van der Waals surface area contributed by atoms with Gasteiger partial charge in [0.25, 0.3) is 0 Å². The topological polar surface area (TPSA) is 87.9 Å². The highest BCUT2D eigenvalue weighted by Crippen LogP contribution is 2.33. The van der Waals surface area contributed by atoms with Crippen molar-refractivity contribution in [2.24, 2.45) is 0 Å². The van der Waals surface area contributed by atoms with E-state index in [1.165, 1.54) is 19.2 Å². The van der Waals surface area contributed by atoms with E-state index in [2.05, 4.69) is 4.74 Å². The van der Waals surface area contributed by atoms with E-state index in [4.69, 9.17) is 21.6 Å². The lowest BCUT2D eigenvalue weighted by Crippen LogP contribution is -2.13. The third-order valence-electron chi connectivity index (χ3n) is 3.10. The van der Waals surface area contributed by atoms with Crippen LogP contribution in [0.1, 0.15) is 15.9 Å². The Morgan fingerprint density at radius 1 is 1.17 bits per heavy atom. The smallest absolute Gasteiger partial charge is 0.391 e. The van der Waals surface area contributed by atoms with Gasteiger partial charge in [0.15, 0.2) is 11.5 Å². The number of hydrogen-bond acceptors (Lipinski definition) is 6. The lowest BCUT2D eigenvalue weighted by Gasteiger charge is -2.13. The van der Waals surface area contributed by atoms with Gasteiger partial charge in [0, 0.05) is 18.1 Å². The number of carbonyl (C=O) groups excluding carboxylic acids is 2. The van der Waals surface area contributed by atoms with E-state index in [1.54, 1.807) is 5.92 Å². The van der Waals surface area contributed by atoms with Crippen LogP contribution in [0.3, 0.4) is 0 Å². The maximum Gasteiger partial charge on any atom is 0.391 e. The number of terminal acetylenes is 1. The van der Waals surface area contributed by atoms with Crippen LogP contribution in [0.4, 0.5) is 5.69 Å². The lowest BCUT2D eigenvalue weighted by molar-refractivity contribution is -0.131. The number of esters is 2. The molecule has 0 aliphatic heterocycles. The number of benzene rings is 2. The van der Waals surface area contributed by atoms with Gasteiger partial charge in [-0.15, -0.1) is 6.42 Å². The second kappa shape index (κ2) is 7.70. The predicted molar refractivity (Wildman–Crippen MR) is 87.4 cm³/mol. The van der Waals surface area contributed by atoms with Crippen molar-refractivity contribution in [1.82, 2.24) is 0 Å². The Labute approximate surface area is 139 Å². The maximum absolute atomic E-state index is 11.9. The molecule has 2 rings (SSSR count). The second-order valence-corrected chi connectivity index (χ2v) is 4.69. The van der Waals surface area contributed by atoms with Gasteiger partial charge in [-0.1, -0.05) is 30.3 Å². The minimum absolute atomic E-state index is 0.0394. The molecule has 6 heteroatoms. The summed E-state index contributed by atoms with van der Waals surface area (Å²) < 4.78 is 15.3. The third-order valence-corrected chi connectivity index (χ3v) is 3.10. The molecule has 0 atom stereocenters. The minimum atomic E-state index is -1.10. The van der Waals surface area contributed by atoms with Crippen molar-refractivity contribution in [2.45, 2.75) is 6.61 Å². The molecule has 122 valence electrons. The van der Waals surface area contributed by atoms with Crippen LogP contribution in [0.5, 0.6) is 11.5 Å². The van der Waals surface area contributed by atoms with Gasteiger partial charge < -0.3 is 19.9 Å². The molecule has 2 N–H and O–H groups in total. The van der Waals surface area contributed by atoms with Gasteiger partial charge in [-0.2, -0.15) is 0 Å². The number of ether oxygens (including phenoxy) is 3. The molecule has 0 fully saturated rings. The highest BCUT2D eigenvalue weighted by Gasteiger charge is 2.19. The number of nitrogens with two attached hydrogens (primary N) is 1. The molecule has 0 aromatic heterocycles. The predicted octanol–water partition coefficient (Wildman–Crippen LogP) is 2.17. The van der Waals surface area contributed by atoms with Gasteiger partial charge >= 0.3 is 11.9 Å². The van der Waals surface area contributed by atoms with E-state index in [1.807, 2.05) is 30.3 Å². The zero-order valence-electron chi connectivity index (χ0n) is 12.9. The molecule has 2 aromatic rings. The summed E-state index contributed by atoms with van der Waals surface area (Å²) in [5.41, 5.74) is 6.76. The van der Waals surface area contributed by atoms with Gasteiger partial charge in [-0.05, 0) is 5.56 Å². The fourth-order valence-corrected chi connectivity index (χ4v) is 1.93. The van der Waals surface area contributed by atoms with E-state index in [-0.39, 0.29) is 23.6 Å². The molecule has 0 amide bonds. The fourth-order valence-electron chi connectivity index (χ4n) is 1.93. The number of anilines is 1. The van der Waals surface area contributed by atoms with Crippen molar-refractivity contribution < 1.29 is 23.8 Å². The molecule has 0 aliphatic carbocycles. The zero-order chi connectivity index (χ0) is 17.5. The number of rotatable bonds is 5. The van der Waals surface area contributed by atoms with Gasteiger partial charge in [-0.25, -0.2) is 9.59 Å². The summed E-state index contributed by atoms with van der Waals surface area (Å²) >= 11 is 0. The van der Waals surface area contributed by atoms with Crippen LogP contribution in [0.2, 0.25) is 0 Å². The Kier molecular flexibility index (Phi) is 5.42. The highest BCUT2D eigenvalue weighted by molar-refractivity contribution is 6.05. The average molecular weight is 325 g/mol. The SMILES string of the molecule is C#CC(=O)OC(=O)c1cc(OCc2ccccc2)c(OC)cc1N. The minimum Gasteiger partial charge on any atom is -0.493 e. The Balaban J connectivity index is 2.26. The largest absolute Gasteiger partial charge is 0.493 e. The Bertz CT molecular complexity index is 793.